The molecule has 7 nitrogen and oxygen atoms in total. The molecule has 0 bridgehead atoms. The first-order valence-electron chi connectivity index (χ1n) is 9.50. The molecule has 152 valence electrons. The summed E-state index contributed by atoms with van der Waals surface area (Å²) in [6, 6.07) is 1.89. The Hall–Kier alpha value is -1.90. The number of nitrogens with one attached hydrogen (secondary N) is 2. The standard InChI is InChI=1S/C19H25N5O2S.ClH/c1-23-8-7-21-18(23)14-11-20-6-9-24(14)17(25)12-22-19(26)16-10-13-4-2-3-5-15(13)27-16;/h7-8,10,14,20H,2-6,9,11-12H2,1H3,(H,22,26);1H. The summed E-state index contributed by atoms with van der Waals surface area (Å²) in [5.74, 6) is 0.637. The first-order valence-corrected chi connectivity index (χ1v) is 10.3. The highest BCUT2D eigenvalue weighted by Crippen LogP contribution is 2.29. The maximum Gasteiger partial charge on any atom is 0.261 e. The van der Waals surface area contributed by atoms with Crippen LogP contribution >= 0.6 is 23.7 Å². The van der Waals surface area contributed by atoms with Gasteiger partial charge in [0.2, 0.25) is 5.91 Å². The predicted octanol–water partition coefficient (Wildman–Crippen LogP) is 1.69. The molecule has 0 aromatic carbocycles. The van der Waals surface area contributed by atoms with Gasteiger partial charge in [-0.25, -0.2) is 4.98 Å². The summed E-state index contributed by atoms with van der Waals surface area (Å²) in [6.07, 6.45) is 8.15. The molecule has 2 N–H and O–H groups in total. The van der Waals surface area contributed by atoms with Crippen LogP contribution in [-0.4, -0.2) is 52.4 Å². The quantitative estimate of drug-likeness (QED) is 0.784. The number of aromatic nitrogens is 2. The van der Waals surface area contributed by atoms with Crippen molar-refractivity contribution < 1.29 is 9.59 Å². The Balaban J connectivity index is 0.00000225. The third kappa shape index (κ3) is 4.24. The van der Waals surface area contributed by atoms with E-state index in [1.165, 1.54) is 23.3 Å². The lowest BCUT2D eigenvalue weighted by Crippen LogP contribution is -2.52. The van der Waals surface area contributed by atoms with Crippen molar-refractivity contribution in [2.45, 2.75) is 31.7 Å². The van der Waals surface area contributed by atoms with Gasteiger partial charge in [-0.1, -0.05) is 0 Å². The SMILES string of the molecule is Cl.Cn1ccnc1C1CNCCN1C(=O)CNC(=O)c1cc2c(s1)CCCC2. The molecule has 2 aromatic rings. The van der Waals surface area contributed by atoms with Gasteiger partial charge in [0, 0.05) is 44.0 Å². The number of carbonyl (C=O) groups excluding carboxylic acids is 2. The van der Waals surface area contributed by atoms with Gasteiger partial charge < -0.3 is 20.1 Å². The fourth-order valence-electron chi connectivity index (χ4n) is 3.88. The average molecular weight is 424 g/mol. The highest BCUT2D eigenvalue weighted by atomic mass is 35.5. The van der Waals surface area contributed by atoms with Crippen LogP contribution < -0.4 is 10.6 Å². The third-order valence-electron chi connectivity index (χ3n) is 5.34. The van der Waals surface area contributed by atoms with Crippen LogP contribution in [0, 0.1) is 0 Å². The number of imidazole rings is 1. The van der Waals surface area contributed by atoms with E-state index < -0.39 is 0 Å². The number of aryl methyl sites for hydroxylation is 3. The fourth-order valence-corrected chi connectivity index (χ4v) is 5.05. The molecule has 0 saturated carbocycles. The van der Waals surface area contributed by atoms with Gasteiger partial charge in [-0.3, -0.25) is 9.59 Å². The minimum absolute atomic E-state index is 0. The summed E-state index contributed by atoms with van der Waals surface area (Å²) in [4.78, 5) is 33.6. The van der Waals surface area contributed by atoms with Crippen molar-refractivity contribution in [1.82, 2.24) is 25.1 Å². The number of rotatable bonds is 4. The van der Waals surface area contributed by atoms with E-state index in [0.717, 1.165) is 30.1 Å². The topological polar surface area (TPSA) is 79.3 Å². The summed E-state index contributed by atoms with van der Waals surface area (Å²) >= 11 is 1.57. The second kappa shape index (κ2) is 9.07. The lowest BCUT2D eigenvalue weighted by atomic mass is 9.99. The van der Waals surface area contributed by atoms with E-state index in [1.807, 2.05) is 28.8 Å². The van der Waals surface area contributed by atoms with Crippen LogP contribution in [0.25, 0.3) is 0 Å². The van der Waals surface area contributed by atoms with E-state index in [2.05, 4.69) is 15.6 Å². The Morgan fingerprint density at radius 2 is 2.18 bits per heavy atom. The predicted molar refractivity (Wildman–Crippen MR) is 111 cm³/mol. The van der Waals surface area contributed by atoms with Crippen LogP contribution in [0.5, 0.6) is 0 Å². The average Bonchev–Trinajstić information content (AvgIpc) is 3.31. The number of piperazine rings is 1. The summed E-state index contributed by atoms with van der Waals surface area (Å²) in [7, 11) is 1.93. The number of hydrogen-bond acceptors (Lipinski definition) is 5. The smallest absolute Gasteiger partial charge is 0.261 e. The fraction of sp³-hybridized carbons (Fsp3) is 0.526. The minimum atomic E-state index is -0.147. The summed E-state index contributed by atoms with van der Waals surface area (Å²) < 4.78 is 1.94. The molecular formula is C19H26ClN5O2S. The third-order valence-corrected chi connectivity index (χ3v) is 6.58. The molecule has 1 saturated heterocycles. The zero-order chi connectivity index (χ0) is 18.8. The van der Waals surface area contributed by atoms with Crippen LogP contribution in [0.3, 0.4) is 0 Å². The summed E-state index contributed by atoms with van der Waals surface area (Å²) in [5, 5.41) is 6.14. The van der Waals surface area contributed by atoms with Crippen LogP contribution in [0.15, 0.2) is 18.5 Å². The first kappa shape index (κ1) is 20.8. The molecule has 1 unspecified atom stereocenters. The van der Waals surface area contributed by atoms with Gasteiger partial charge >= 0.3 is 0 Å². The van der Waals surface area contributed by atoms with Crippen molar-refractivity contribution in [2.24, 2.45) is 7.05 Å². The molecule has 1 atom stereocenters. The van der Waals surface area contributed by atoms with Crippen molar-refractivity contribution in [1.29, 1.82) is 0 Å². The number of thiophene rings is 1. The monoisotopic (exact) mass is 423 g/mol. The van der Waals surface area contributed by atoms with Gasteiger partial charge in [-0.2, -0.15) is 0 Å². The molecule has 0 radical (unpaired) electrons. The highest BCUT2D eigenvalue weighted by Gasteiger charge is 2.30. The number of fused-ring (bicyclic) bond motifs is 1. The molecule has 2 aromatic heterocycles. The van der Waals surface area contributed by atoms with Crippen molar-refractivity contribution in [3.63, 3.8) is 0 Å². The minimum Gasteiger partial charge on any atom is -0.342 e. The lowest BCUT2D eigenvalue weighted by Gasteiger charge is -2.35. The second-order valence-corrected chi connectivity index (χ2v) is 8.29. The van der Waals surface area contributed by atoms with E-state index in [1.54, 1.807) is 17.5 Å². The second-order valence-electron chi connectivity index (χ2n) is 7.15. The van der Waals surface area contributed by atoms with E-state index in [4.69, 9.17) is 0 Å². The van der Waals surface area contributed by atoms with Gasteiger partial charge in [0.1, 0.15) is 11.9 Å². The summed E-state index contributed by atoms with van der Waals surface area (Å²) in [6.45, 7) is 2.04. The normalized spacial score (nSPS) is 18.9. The van der Waals surface area contributed by atoms with Crippen LogP contribution in [0.2, 0.25) is 0 Å². The summed E-state index contributed by atoms with van der Waals surface area (Å²) in [5.41, 5.74) is 1.31. The molecule has 3 heterocycles. The first-order chi connectivity index (χ1) is 13.1. The van der Waals surface area contributed by atoms with Crippen molar-refractivity contribution in [3.05, 3.63) is 39.6 Å². The van der Waals surface area contributed by atoms with Crippen LogP contribution in [0.1, 0.15) is 44.8 Å². The van der Waals surface area contributed by atoms with Crippen LogP contribution in [-0.2, 0) is 24.7 Å². The number of halogens is 1. The Bertz CT molecular complexity index is 826. The molecule has 1 aliphatic heterocycles. The van der Waals surface area contributed by atoms with E-state index in [0.29, 0.717) is 13.1 Å². The molecule has 1 aliphatic carbocycles. The van der Waals surface area contributed by atoms with Crippen LogP contribution in [0.4, 0.5) is 0 Å². The van der Waals surface area contributed by atoms with Crippen molar-refractivity contribution in [3.8, 4) is 0 Å². The lowest BCUT2D eigenvalue weighted by molar-refractivity contribution is -0.133. The van der Waals surface area contributed by atoms with Crippen molar-refractivity contribution in [2.75, 3.05) is 26.2 Å². The highest BCUT2D eigenvalue weighted by molar-refractivity contribution is 7.14. The molecule has 2 amide bonds. The Morgan fingerprint density at radius 3 is 2.93 bits per heavy atom. The van der Waals surface area contributed by atoms with Crippen molar-refractivity contribution >= 4 is 35.6 Å². The van der Waals surface area contributed by atoms with Gasteiger partial charge in [0.05, 0.1) is 11.4 Å². The molecule has 0 spiro atoms. The van der Waals surface area contributed by atoms with Gasteiger partial charge in [-0.15, -0.1) is 23.7 Å². The molecule has 9 heteroatoms. The number of carbonyl (C=O) groups is 2. The largest absolute Gasteiger partial charge is 0.342 e. The van der Waals surface area contributed by atoms with E-state index in [9.17, 15) is 9.59 Å². The molecule has 28 heavy (non-hydrogen) atoms. The Kier molecular flexibility index (Phi) is 6.74. The van der Waals surface area contributed by atoms with Gasteiger partial charge in [0.25, 0.3) is 5.91 Å². The zero-order valence-electron chi connectivity index (χ0n) is 15.9. The number of hydrogen-bond donors (Lipinski definition) is 2. The zero-order valence-corrected chi connectivity index (χ0v) is 17.6. The number of nitrogens with zero attached hydrogens (tertiary/aromatic N) is 3. The molecule has 1 fully saturated rings. The molecule has 2 aliphatic rings. The van der Waals surface area contributed by atoms with Gasteiger partial charge in [-0.05, 0) is 37.3 Å². The maximum atomic E-state index is 12.8. The van der Waals surface area contributed by atoms with E-state index >= 15 is 0 Å². The maximum absolute atomic E-state index is 12.8. The number of amides is 2. The molecule has 4 rings (SSSR count). The van der Waals surface area contributed by atoms with Gasteiger partial charge in [0.15, 0.2) is 0 Å². The van der Waals surface area contributed by atoms with E-state index in [-0.39, 0.29) is 36.8 Å². The Labute approximate surface area is 174 Å². The Morgan fingerprint density at radius 1 is 1.36 bits per heavy atom. The molecular weight excluding hydrogens is 398 g/mol.